The van der Waals surface area contributed by atoms with E-state index in [0.29, 0.717) is 11.3 Å². The van der Waals surface area contributed by atoms with E-state index in [4.69, 9.17) is 5.73 Å². The van der Waals surface area contributed by atoms with E-state index in [2.05, 4.69) is 15.4 Å². The van der Waals surface area contributed by atoms with Crippen molar-refractivity contribution in [1.82, 2.24) is 0 Å². The second kappa shape index (κ2) is 5.43. The maximum absolute atomic E-state index is 10.5. The van der Waals surface area contributed by atoms with Gasteiger partial charge in [-0.05, 0) is 18.6 Å². The Kier molecular flexibility index (Phi) is 3.97. The van der Waals surface area contributed by atoms with E-state index in [1.54, 1.807) is 6.92 Å². The smallest absolute Gasteiger partial charge is 0.345 e. The molecule has 0 unspecified atom stereocenters. The topological polar surface area (TPSA) is 146 Å². The molecule has 0 fully saturated rings. The summed E-state index contributed by atoms with van der Waals surface area (Å²) < 4.78 is 0. The number of rotatable bonds is 4. The van der Waals surface area contributed by atoms with Crippen molar-refractivity contribution >= 4 is 17.3 Å². The maximum atomic E-state index is 10.5. The third-order valence-electron chi connectivity index (χ3n) is 1.89. The van der Waals surface area contributed by atoms with Gasteiger partial charge in [-0.1, -0.05) is 0 Å². The predicted molar refractivity (Wildman–Crippen MR) is 61.2 cm³/mol. The van der Waals surface area contributed by atoms with E-state index < -0.39 is 10.0 Å². The van der Waals surface area contributed by atoms with Crippen molar-refractivity contribution in [3.8, 4) is 0 Å². The lowest BCUT2D eigenvalue weighted by Gasteiger charge is -2.05. The molecule has 0 spiro atoms. The molecule has 1 rings (SSSR count). The van der Waals surface area contributed by atoms with E-state index in [-0.39, 0.29) is 11.6 Å². The molecule has 96 valence electrons. The Morgan fingerprint density at radius 2 is 2.11 bits per heavy atom. The van der Waals surface area contributed by atoms with Crippen molar-refractivity contribution < 1.29 is 14.9 Å². The molecular weight excluding hydrogens is 246 g/mol. The zero-order chi connectivity index (χ0) is 13.7. The fourth-order valence-electron chi connectivity index (χ4n) is 1.14. The summed E-state index contributed by atoms with van der Waals surface area (Å²) in [5, 5.41) is 24.7. The van der Waals surface area contributed by atoms with Gasteiger partial charge in [0.25, 0.3) is 5.69 Å². The number of benzene rings is 1. The summed E-state index contributed by atoms with van der Waals surface area (Å²) in [6, 6.07) is 3.99. The summed E-state index contributed by atoms with van der Waals surface area (Å²) in [7, 11) is 0. The van der Waals surface area contributed by atoms with Crippen molar-refractivity contribution in [2.75, 3.05) is 5.32 Å². The molecule has 0 aliphatic carbocycles. The zero-order valence-electron chi connectivity index (χ0n) is 9.19. The Balaban J connectivity index is 2.82. The average molecular weight is 255 g/mol. The second-order valence-electron chi connectivity index (χ2n) is 3.16. The van der Waals surface area contributed by atoms with Crippen LogP contribution in [0.3, 0.4) is 0 Å². The van der Waals surface area contributed by atoms with Gasteiger partial charge in [0.15, 0.2) is 5.09 Å². The van der Waals surface area contributed by atoms with Crippen molar-refractivity contribution in [3.63, 3.8) is 0 Å². The molecule has 0 heterocycles. The van der Waals surface area contributed by atoms with Gasteiger partial charge in [0, 0.05) is 17.8 Å². The van der Waals surface area contributed by atoms with E-state index >= 15 is 0 Å². The highest BCUT2D eigenvalue weighted by atomic mass is 17.0. The van der Waals surface area contributed by atoms with Crippen molar-refractivity contribution in [3.05, 3.63) is 44.0 Å². The Morgan fingerprint density at radius 1 is 1.44 bits per heavy atom. The number of nitro benzene ring substituents is 1. The van der Waals surface area contributed by atoms with Gasteiger partial charge >= 0.3 is 5.96 Å². The number of oxime groups is 1. The molecule has 10 heteroatoms. The first-order chi connectivity index (χ1) is 8.40. The first-order valence-electron chi connectivity index (χ1n) is 4.57. The third kappa shape index (κ3) is 3.59. The quantitative estimate of drug-likeness (QED) is 0.349. The van der Waals surface area contributed by atoms with Crippen molar-refractivity contribution in [2.24, 2.45) is 10.9 Å². The fourth-order valence-corrected chi connectivity index (χ4v) is 1.14. The number of nitrogens with zero attached hydrogens (tertiary/aromatic N) is 3. The second-order valence-corrected chi connectivity index (χ2v) is 3.16. The highest BCUT2D eigenvalue weighted by Crippen LogP contribution is 2.20. The van der Waals surface area contributed by atoms with Crippen LogP contribution in [0.5, 0.6) is 0 Å². The van der Waals surface area contributed by atoms with Gasteiger partial charge in [-0.25, -0.2) is 10.1 Å². The molecule has 0 saturated heterocycles. The summed E-state index contributed by atoms with van der Waals surface area (Å²) in [6.07, 6.45) is 0. The minimum atomic E-state index is -1.13. The number of hydrogen-bond acceptors (Lipinski definition) is 6. The monoisotopic (exact) mass is 255 g/mol. The molecule has 18 heavy (non-hydrogen) atoms. The minimum Gasteiger partial charge on any atom is -0.346 e. The number of guanidine groups is 1. The molecule has 0 amide bonds. The summed E-state index contributed by atoms with van der Waals surface area (Å²) in [6.45, 7) is 1.61. The minimum absolute atomic E-state index is 0.0740. The lowest BCUT2D eigenvalue weighted by molar-refractivity contribution is -0.760. The van der Waals surface area contributed by atoms with Gasteiger partial charge in [-0.2, -0.15) is 4.94 Å². The molecule has 0 aliphatic heterocycles. The number of nitrogens with one attached hydrogen (secondary N) is 1. The van der Waals surface area contributed by atoms with Gasteiger partial charge < -0.3 is 11.1 Å². The summed E-state index contributed by atoms with van der Waals surface area (Å²) >= 11 is 0. The van der Waals surface area contributed by atoms with E-state index in [1.165, 1.54) is 18.2 Å². The number of hydrogen-bond donors (Lipinski definition) is 2. The van der Waals surface area contributed by atoms with E-state index in [0.717, 1.165) is 0 Å². The molecular formula is C8H9N5O5. The zero-order valence-corrected chi connectivity index (χ0v) is 9.19. The molecule has 1 aromatic rings. The van der Waals surface area contributed by atoms with Gasteiger partial charge in [0.2, 0.25) is 0 Å². The molecule has 0 radical (unpaired) electrons. The molecule has 0 bridgehead atoms. The Labute approximate surface area is 100 Å². The number of nitrogens with two attached hydrogens (primary N) is 1. The molecule has 0 saturated carbocycles. The van der Waals surface area contributed by atoms with Crippen LogP contribution in [0.2, 0.25) is 0 Å². The van der Waals surface area contributed by atoms with Crippen molar-refractivity contribution in [2.45, 2.75) is 6.92 Å². The van der Waals surface area contributed by atoms with Gasteiger partial charge in [-0.3, -0.25) is 10.1 Å². The Morgan fingerprint density at radius 3 is 2.61 bits per heavy atom. The standard InChI is InChI=1S/C8H9N5O5/c1-5-4-6(12(14)15)2-3-7(5)10-8(9)11-18-13(16)17/h2-4H,1H3,(H3,9,10,11). The van der Waals surface area contributed by atoms with Crippen LogP contribution in [0.25, 0.3) is 0 Å². The van der Waals surface area contributed by atoms with Gasteiger partial charge in [0.1, 0.15) is 5.16 Å². The lowest BCUT2D eigenvalue weighted by Crippen LogP contribution is -2.23. The number of anilines is 1. The van der Waals surface area contributed by atoms with Crippen LogP contribution in [0.1, 0.15) is 5.56 Å². The largest absolute Gasteiger partial charge is 0.346 e. The van der Waals surface area contributed by atoms with Crippen LogP contribution in [0.4, 0.5) is 11.4 Å². The number of nitro groups is 1. The first kappa shape index (κ1) is 13.2. The normalized spacial score (nSPS) is 10.8. The SMILES string of the molecule is Cc1cc([N+](=O)[O-])ccc1NC(N)=NO[N+](=O)[O-]. The first-order valence-corrected chi connectivity index (χ1v) is 4.57. The summed E-state index contributed by atoms with van der Waals surface area (Å²) in [4.78, 5) is 23.5. The number of non-ortho nitro benzene ring substituents is 1. The predicted octanol–water partition coefficient (Wildman–Crippen LogP) is 0.753. The average Bonchev–Trinajstić information content (AvgIpc) is 2.29. The third-order valence-corrected chi connectivity index (χ3v) is 1.89. The summed E-state index contributed by atoms with van der Waals surface area (Å²) in [5.74, 6) is -0.344. The van der Waals surface area contributed by atoms with Crippen LogP contribution in [-0.4, -0.2) is 16.0 Å². The van der Waals surface area contributed by atoms with E-state index in [1.807, 2.05) is 0 Å². The summed E-state index contributed by atoms with van der Waals surface area (Å²) in [5.41, 5.74) is 6.18. The van der Waals surface area contributed by atoms with Crippen LogP contribution in [0.15, 0.2) is 23.4 Å². The van der Waals surface area contributed by atoms with Gasteiger partial charge in [0.05, 0.1) is 4.92 Å². The Hall–Kier alpha value is -2.91. The lowest BCUT2D eigenvalue weighted by atomic mass is 10.2. The highest BCUT2D eigenvalue weighted by molar-refractivity contribution is 5.92. The number of aryl methyl sites for hydroxylation is 1. The highest BCUT2D eigenvalue weighted by Gasteiger charge is 2.09. The van der Waals surface area contributed by atoms with Gasteiger partial charge in [-0.15, -0.1) is 0 Å². The van der Waals surface area contributed by atoms with Crippen LogP contribution in [0, 0.1) is 27.2 Å². The molecule has 10 nitrogen and oxygen atoms in total. The molecule has 0 atom stereocenters. The van der Waals surface area contributed by atoms with Crippen LogP contribution < -0.4 is 11.1 Å². The molecule has 0 aromatic heterocycles. The van der Waals surface area contributed by atoms with Crippen LogP contribution >= 0.6 is 0 Å². The maximum Gasteiger partial charge on any atom is 0.345 e. The molecule has 0 aliphatic rings. The van der Waals surface area contributed by atoms with E-state index in [9.17, 15) is 20.2 Å². The molecule has 3 N–H and O–H groups in total. The molecule has 1 aromatic carbocycles. The van der Waals surface area contributed by atoms with Crippen molar-refractivity contribution in [1.29, 1.82) is 0 Å². The van der Waals surface area contributed by atoms with Crippen LogP contribution in [-0.2, 0) is 4.94 Å². The fraction of sp³-hybridized carbons (Fsp3) is 0.125. The Bertz CT molecular complexity index is 515.